The molecule has 0 saturated carbocycles. The van der Waals surface area contributed by atoms with Gasteiger partial charge in [0, 0.05) is 24.2 Å². The summed E-state index contributed by atoms with van der Waals surface area (Å²) in [4.78, 5) is 11.8. The summed E-state index contributed by atoms with van der Waals surface area (Å²) < 4.78 is 2.74. The second-order valence-corrected chi connectivity index (χ2v) is 5.65. The molecule has 0 bridgehead atoms. The maximum Gasteiger partial charge on any atom is 0.214 e. The Morgan fingerprint density at radius 2 is 2.43 bits per heavy atom. The van der Waals surface area contributed by atoms with E-state index < -0.39 is 0 Å². The van der Waals surface area contributed by atoms with Gasteiger partial charge >= 0.3 is 0 Å². The third-order valence-corrected chi connectivity index (χ3v) is 3.56. The molecule has 0 atom stereocenters. The van der Waals surface area contributed by atoms with Crippen molar-refractivity contribution in [3.05, 3.63) is 37.9 Å². The molecule has 0 aliphatic rings. The number of rotatable bonds is 2. The second kappa shape index (κ2) is 3.82. The van der Waals surface area contributed by atoms with Gasteiger partial charge in [-0.15, -0.1) is 11.3 Å². The van der Waals surface area contributed by atoms with Gasteiger partial charge < -0.3 is 0 Å². The number of ketones is 1. The van der Waals surface area contributed by atoms with Crippen LogP contribution in [0.15, 0.2) is 23.7 Å². The van der Waals surface area contributed by atoms with Crippen LogP contribution in [0.2, 0.25) is 0 Å². The topological polar surface area (TPSA) is 34.9 Å². The lowest BCUT2D eigenvalue weighted by Crippen LogP contribution is -2.01. The largest absolute Gasteiger partial charge is 0.287 e. The van der Waals surface area contributed by atoms with Gasteiger partial charge in [-0.25, -0.2) is 0 Å². The van der Waals surface area contributed by atoms with Crippen LogP contribution in [0.25, 0.3) is 0 Å². The lowest BCUT2D eigenvalue weighted by Gasteiger charge is -1.91. The summed E-state index contributed by atoms with van der Waals surface area (Å²) in [6, 6.07) is 3.61. The van der Waals surface area contributed by atoms with Crippen LogP contribution in [0, 0.1) is 2.88 Å². The monoisotopic (exact) mass is 318 g/mol. The third-order valence-electron chi connectivity index (χ3n) is 1.78. The maximum atomic E-state index is 11.8. The van der Waals surface area contributed by atoms with Crippen LogP contribution >= 0.6 is 33.9 Å². The van der Waals surface area contributed by atoms with Crippen LogP contribution in [0.5, 0.6) is 0 Å². The van der Waals surface area contributed by atoms with E-state index in [1.807, 2.05) is 11.4 Å². The molecule has 2 rings (SSSR count). The van der Waals surface area contributed by atoms with Gasteiger partial charge in [0.2, 0.25) is 5.78 Å². The molecular weight excluding hydrogens is 311 g/mol. The van der Waals surface area contributed by atoms with Crippen LogP contribution in [-0.2, 0) is 7.05 Å². The molecule has 0 unspecified atom stereocenters. The minimum atomic E-state index is -0.00948. The Labute approximate surface area is 98.9 Å². The average molecular weight is 318 g/mol. The minimum absolute atomic E-state index is 0.00948. The highest BCUT2D eigenvalue weighted by atomic mass is 127. The molecule has 2 heterocycles. The number of carbonyl (C=O) groups is 1. The molecule has 2 aromatic heterocycles. The molecule has 5 heteroatoms. The SMILES string of the molecule is Cn1ccc(C(=O)c2csc(I)c2)n1. The van der Waals surface area contributed by atoms with Gasteiger partial charge in [0.1, 0.15) is 5.69 Å². The number of nitrogens with zero attached hydrogens (tertiary/aromatic N) is 2. The van der Waals surface area contributed by atoms with Crippen molar-refractivity contribution in [2.24, 2.45) is 7.05 Å². The Kier molecular flexibility index (Phi) is 2.69. The minimum Gasteiger partial charge on any atom is -0.287 e. The van der Waals surface area contributed by atoms with Crippen molar-refractivity contribution >= 4 is 39.7 Å². The molecule has 0 amide bonds. The first-order valence-electron chi connectivity index (χ1n) is 3.95. The van der Waals surface area contributed by atoms with E-state index in [2.05, 4.69) is 27.7 Å². The lowest BCUT2D eigenvalue weighted by molar-refractivity contribution is 0.103. The highest BCUT2D eigenvalue weighted by Crippen LogP contribution is 2.18. The van der Waals surface area contributed by atoms with Crippen molar-refractivity contribution in [3.8, 4) is 0 Å². The van der Waals surface area contributed by atoms with Gasteiger partial charge in [-0.2, -0.15) is 5.10 Å². The Morgan fingerprint density at radius 1 is 1.64 bits per heavy atom. The number of carbonyl (C=O) groups excluding carboxylic acids is 1. The number of halogens is 1. The van der Waals surface area contributed by atoms with Gasteiger partial charge in [-0.05, 0) is 34.7 Å². The number of hydrogen-bond donors (Lipinski definition) is 0. The predicted molar refractivity (Wildman–Crippen MR) is 63.7 cm³/mol. The normalized spacial score (nSPS) is 10.4. The molecule has 2 aromatic rings. The van der Waals surface area contributed by atoms with Crippen molar-refractivity contribution in [1.29, 1.82) is 0 Å². The second-order valence-electron chi connectivity index (χ2n) is 2.84. The fourth-order valence-electron chi connectivity index (χ4n) is 1.11. The molecule has 0 fully saturated rings. The summed E-state index contributed by atoms with van der Waals surface area (Å²) >= 11 is 3.76. The van der Waals surface area contributed by atoms with E-state index in [1.54, 1.807) is 35.3 Å². The smallest absolute Gasteiger partial charge is 0.214 e. The van der Waals surface area contributed by atoms with E-state index in [-0.39, 0.29) is 5.78 Å². The standard InChI is InChI=1S/C9H7IN2OS/c1-12-3-2-7(11-12)9(13)6-4-8(10)14-5-6/h2-5H,1H3. The molecule has 0 spiro atoms. The van der Waals surface area contributed by atoms with Gasteiger partial charge in [0.05, 0.1) is 2.88 Å². The molecular formula is C9H7IN2OS. The number of hydrogen-bond acceptors (Lipinski definition) is 3. The van der Waals surface area contributed by atoms with E-state index >= 15 is 0 Å². The molecule has 72 valence electrons. The van der Waals surface area contributed by atoms with Crippen LogP contribution < -0.4 is 0 Å². The maximum absolute atomic E-state index is 11.8. The number of aryl methyl sites for hydroxylation is 1. The Morgan fingerprint density at radius 3 is 2.93 bits per heavy atom. The Bertz CT molecular complexity index is 432. The summed E-state index contributed by atoms with van der Waals surface area (Å²) in [6.07, 6.45) is 1.77. The van der Waals surface area contributed by atoms with Crippen LogP contribution in [0.1, 0.15) is 16.1 Å². The molecule has 0 radical (unpaired) electrons. The number of aromatic nitrogens is 2. The van der Waals surface area contributed by atoms with Crippen molar-refractivity contribution in [1.82, 2.24) is 9.78 Å². The molecule has 0 aliphatic heterocycles. The summed E-state index contributed by atoms with van der Waals surface area (Å²) in [7, 11) is 1.80. The van der Waals surface area contributed by atoms with Crippen molar-refractivity contribution in [2.45, 2.75) is 0 Å². The highest BCUT2D eigenvalue weighted by molar-refractivity contribution is 14.1. The molecule has 0 aliphatic carbocycles. The van der Waals surface area contributed by atoms with E-state index in [4.69, 9.17) is 0 Å². The van der Waals surface area contributed by atoms with Gasteiger partial charge in [0.15, 0.2) is 0 Å². The molecule has 0 N–H and O–H groups in total. The summed E-state index contributed by atoms with van der Waals surface area (Å²) in [5, 5.41) is 5.93. The zero-order valence-electron chi connectivity index (χ0n) is 7.40. The van der Waals surface area contributed by atoms with Crippen molar-refractivity contribution in [2.75, 3.05) is 0 Å². The first-order chi connectivity index (χ1) is 6.66. The third kappa shape index (κ3) is 1.88. The Balaban J connectivity index is 2.33. The fraction of sp³-hybridized carbons (Fsp3) is 0.111. The van der Waals surface area contributed by atoms with Gasteiger partial charge in [-0.3, -0.25) is 9.48 Å². The van der Waals surface area contributed by atoms with E-state index in [0.717, 1.165) is 8.45 Å². The molecule has 0 saturated heterocycles. The highest BCUT2D eigenvalue weighted by Gasteiger charge is 2.12. The first-order valence-corrected chi connectivity index (χ1v) is 5.91. The number of thiophene rings is 1. The van der Waals surface area contributed by atoms with Crippen molar-refractivity contribution < 1.29 is 4.79 Å². The zero-order valence-corrected chi connectivity index (χ0v) is 10.4. The molecule has 3 nitrogen and oxygen atoms in total. The lowest BCUT2D eigenvalue weighted by atomic mass is 10.2. The van der Waals surface area contributed by atoms with Crippen LogP contribution in [-0.4, -0.2) is 15.6 Å². The molecule has 14 heavy (non-hydrogen) atoms. The quantitative estimate of drug-likeness (QED) is 0.629. The zero-order chi connectivity index (χ0) is 10.1. The molecule has 0 aromatic carbocycles. The van der Waals surface area contributed by atoms with Crippen LogP contribution in [0.4, 0.5) is 0 Å². The predicted octanol–water partition coefficient (Wildman–Crippen LogP) is 2.32. The van der Waals surface area contributed by atoms with Gasteiger partial charge in [0.25, 0.3) is 0 Å². The summed E-state index contributed by atoms with van der Waals surface area (Å²) in [5.74, 6) is -0.00948. The average Bonchev–Trinajstić information content (AvgIpc) is 2.73. The van der Waals surface area contributed by atoms with E-state index in [0.29, 0.717) is 5.69 Å². The Hall–Kier alpha value is -0.690. The van der Waals surface area contributed by atoms with Gasteiger partial charge in [-0.1, -0.05) is 0 Å². The van der Waals surface area contributed by atoms with Crippen molar-refractivity contribution in [3.63, 3.8) is 0 Å². The van der Waals surface area contributed by atoms with Crippen LogP contribution in [0.3, 0.4) is 0 Å². The van der Waals surface area contributed by atoms with E-state index in [9.17, 15) is 4.79 Å². The fourth-order valence-corrected chi connectivity index (χ4v) is 2.44. The summed E-state index contributed by atoms with van der Waals surface area (Å²) in [5.41, 5.74) is 1.22. The summed E-state index contributed by atoms with van der Waals surface area (Å²) in [6.45, 7) is 0. The first kappa shape index (κ1) is 9.85. The van der Waals surface area contributed by atoms with E-state index in [1.165, 1.54) is 0 Å².